The van der Waals surface area contributed by atoms with Crippen molar-refractivity contribution >= 4 is 5.96 Å². The van der Waals surface area contributed by atoms with Crippen molar-refractivity contribution in [2.75, 3.05) is 20.2 Å². The monoisotopic (exact) mass is 322 g/mol. The molecule has 1 heterocycles. The van der Waals surface area contributed by atoms with Crippen LogP contribution < -0.4 is 10.6 Å². The first-order valence-electron chi connectivity index (χ1n) is 8.60. The van der Waals surface area contributed by atoms with Crippen molar-refractivity contribution in [3.63, 3.8) is 0 Å². The van der Waals surface area contributed by atoms with E-state index in [0.29, 0.717) is 6.54 Å². The number of ether oxygens (including phenoxy) is 1. The Labute approximate surface area is 138 Å². The van der Waals surface area contributed by atoms with Gasteiger partial charge in [-0.05, 0) is 19.3 Å². The predicted molar refractivity (Wildman–Crippen MR) is 91.3 cm³/mol. The topological polar surface area (TPSA) is 76.4 Å². The first-order chi connectivity index (χ1) is 11.2. The number of hydrogen-bond donors (Lipinski definition) is 2. The third-order valence-corrected chi connectivity index (χ3v) is 4.40. The Balaban J connectivity index is 1.86. The summed E-state index contributed by atoms with van der Waals surface area (Å²) in [5.41, 5.74) is -0.0450. The maximum Gasteiger partial charge on any atom is 0.191 e. The number of guanidine groups is 1. The van der Waals surface area contributed by atoms with E-state index in [1.54, 1.807) is 18.1 Å². The number of nitrogens with zero attached hydrogens (tertiary/aromatic N) is 4. The predicted octanol–water partition coefficient (Wildman–Crippen LogP) is 1.61. The van der Waals surface area contributed by atoms with Crippen molar-refractivity contribution in [3.8, 4) is 0 Å². The normalized spacial score (nSPS) is 18.0. The van der Waals surface area contributed by atoms with Gasteiger partial charge in [-0.15, -0.1) is 0 Å². The highest BCUT2D eigenvalue weighted by Crippen LogP contribution is 2.31. The molecule has 130 valence electrons. The van der Waals surface area contributed by atoms with Crippen LogP contribution in [0.15, 0.2) is 11.3 Å². The van der Waals surface area contributed by atoms with Gasteiger partial charge >= 0.3 is 0 Å². The van der Waals surface area contributed by atoms with Crippen LogP contribution in [0.5, 0.6) is 0 Å². The van der Waals surface area contributed by atoms with Gasteiger partial charge in [0.25, 0.3) is 0 Å². The summed E-state index contributed by atoms with van der Waals surface area (Å²) in [7, 11) is 3.67. The Morgan fingerprint density at radius 2 is 2.13 bits per heavy atom. The molecule has 0 aromatic carbocycles. The van der Waals surface area contributed by atoms with Crippen LogP contribution in [-0.2, 0) is 18.3 Å². The smallest absolute Gasteiger partial charge is 0.191 e. The lowest BCUT2D eigenvalue weighted by molar-refractivity contribution is -0.0657. The minimum Gasteiger partial charge on any atom is -0.373 e. The maximum absolute atomic E-state index is 6.21. The Morgan fingerprint density at radius 1 is 1.35 bits per heavy atom. The minimum atomic E-state index is -0.0450. The first-order valence-corrected chi connectivity index (χ1v) is 8.60. The van der Waals surface area contributed by atoms with Crippen molar-refractivity contribution < 1.29 is 4.74 Å². The van der Waals surface area contributed by atoms with E-state index in [0.717, 1.165) is 44.2 Å². The molecule has 0 aliphatic heterocycles. The molecule has 7 nitrogen and oxygen atoms in total. The number of hydrogen-bond acceptors (Lipinski definition) is 4. The van der Waals surface area contributed by atoms with Crippen LogP contribution >= 0.6 is 0 Å². The second-order valence-electron chi connectivity index (χ2n) is 6.17. The molecule has 1 aromatic heterocycles. The summed E-state index contributed by atoms with van der Waals surface area (Å²) in [6.07, 6.45) is 8.67. The highest BCUT2D eigenvalue weighted by atomic mass is 16.5. The van der Waals surface area contributed by atoms with E-state index < -0.39 is 0 Å². The first kappa shape index (κ1) is 17.7. The number of rotatable bonds is 7. The van der Waals surface area contributed by atoms with Crippen LogP contribution in [0.1, 0.15) is 51.3 Å². The maximum atomic E-state index is 6.21. The molecule has 23 heavy (non-hydrogen) atoms. The highest BCUT2D eigenvalue weighted by molar-refractivity contribution is 5.79. The fourth-order valence-electron chi connectivity index (χ4n) is 3.00. The quantitative estimate of drug-likeness (QED) is 0.589. The van der Waals surface area contributed by atoms with Gasteiger partial charge in [0, 0.05) is 27.2 Å². The van der Waals surface area contributed by atoms with Gasteiger partial charge in [0.15, 0.2) is 5.96 Å². The number of aryl methyl sites for hydroxylation is 1. The fourth-order valence-corrected chi connectivity index (χ4v) is 3.00. The van der Waals surface area contributed by atoms with Crippen LogP contribution in [0.3, 0.4) is 0 Å². The number of aliphatic imine (C=N–C) groups is 1. The fraction of sp³-hybridized carbons (Fsp3) is 0.812. The van der Waals surface area contributed by atoms with Crippen LogP contribution in [0.25, 0.3) is 0 Å². The van der Waals surface area contributed by atoms with Crippen molar-refractivity contribution in [1.82, 2.24) is 25.4 Å². The Hall–Kier alpha value is -1.63. The summed E-state index contributed by atoms with van der Waals surface area (Å²) in [6, 6.07) is 0. The molecule has 1 saturated carbocycles. The summed E-state index contributed by atoms with van der Waals surface area (Å²) in [5, 5.41) is 10.8. The lowest BCUT2D eigenvalue weighted by Crippen LogP contribution is -2.49. The highest BCUT2D eigenvalue weighted by Gasteiger charge is 2.32. The molecule has 0 spiro atoms. The van der Waals surface area contributed by atoms with Crippen molar-refractivity contribution in [3.05, 3.63) is 12.2 Å². The molecule has 0 saturated heterocycles. The molecular weight excluding hydrogens is 292 g/mol. The second-order valence-corrected chi connectivity index (χ2v) is 6.17. The molecule has 7 heteroatoms. The summed E-state index contributed by atoms with van der Waals surface area (Å²) >= 11 is 0. The molecule has 1 aliphatic carbocycles. The van der Waals surface area contributed by atoms with Gasteiger partial charge in [0.1, 0.15) is 12.2 Å². The van der Waals surface area contributed by atoms with Crippen molar-refractivity contribution in [1.29, 1.82) is 0 Å². The zero-order valence-electron chi connectivity index (χ0n) is 14.6. The molecule has 0 radical (unpaired) electrons. The van der Waals surface area contributed by atoms with Gasteiger partial charge in [0.2, 0.25) is 0 Å². The standard InChI is InChI=1S/C16H30N6O/c1-4-10-23-16(8-6-5-7-9-16)12-19-15(17-2)18-11-14-20-13-21-22(14)3/h13H,4-12H2,1-3H3,(H2,17,18,19). The SMILES string of the molecule is CCCOC1(CNC(=NC)NCc2ncnn2C)CCCCC1. The summed E-state index contributed by atoms with van der Waals surface area (Å²) in [5.74, 6) is 1.65. The van der Waals surface area contributed by atoms with E-state index in [-0.39, 0.29) is 5.60 Å². The third-order valence-electron chi connectivity index (χ3n) is 4.40. The van der Waals surface area contributed by atoms with Gasteiger partial charge in [0.05, 0.1) is 12.1 Å². The van der Waals surface area contributed by atoms with E-state index in [2.05, 4.69) is 32.6 Å². The van der Waals surface area contributed by atoms with Crippen LogP contribution in [0.4, 0.5) is 0 Å². The second kappa shape index (κ2) is 8.86. The lowest BCUT2D eigenvalue weighted by atomic mass is 9.84. The zero-order valence-corrected chi connectivity index (χ0v) is 14.6. The Kier molecular flexibility index (Phi) is 6.83. The Bertz CT molecular complexity index is 493. The van der Waals surface area contributed by atoms with Gasteiger partial charge in [-0.3, -0.25) is 9.67 Å². The molecule has 2 N–H and O–H groups in total. The van der Waals surface area contributed by atoms with E-state index in [4.69, 9.17) is 4.74 Å². The summed E-state index contributed by atoms with van der Waals surface area (Å²) in [4.78, 5) is 8.50. The average molecular weight is 322 g/mol. The zero-order chi connectivity index (χ0) is 16.5. The molecule has 0 bridgehead atoms. The molecule has 2 rings (SSSR count). The molecule has 1 fully saturated rings. The summed E-state index contributed by atoms with van der Waals surface area (Å²) in [6.45, 7) is 4.38. The molecule has 0 unspecified atom stereocenters. The van der Waals surface area contributed by atoms with Gasteiger partial charge < -0.3 is 15.4 Å². The van der Waals surface area contributed by atoms with Gasteiger partial charge in [-0.2, -0.15) is 5.10 Å². The Morgan fingerprint density at radius 3 is 2.74 bits per heavy atom. The molecule has 0 amide bonds. The number of nitrogens with one attached hydrogen (secondary N) is 2. The van der Waals surface area contributed by atoms with Gasteiger partial charge in [-0.25, -0.2) is 4.98 Å². The molecule has 1 aromatic rings. The third kappa shape index (κ3) is 5.20. The van der Waals surface area contributed by atoms with E-state index in [9.17, 15) is 0 Å². The minimum absolute atomic E-state index is 0.0450. The van der Waals surface area contributed by atoms with Crippen molar-refractivity contribution in [2.24, 2.45) is 12.0 Å². The molecular formula is C16H30N6O. The van der Waals surface area contributed by atoms with Crippen LogP contribution in [-0.4, -0.2) is 46.5 Å². The van der Waals surface area contributed by atoms with E-state index in [1.807, 2.05) is 7.05 Å². The van der Waals surface area contributed by atoms with Crippen LogP contribution in [0.2, 0.25) is 0 Å². The number of aromatic nitrogens is 3. The summed E-state index contributed by atoms with van der Waals surface area (Å²) < 4.78 is 7.97. The largest absolute Gasteiger partial charge is 0.373 e. The van der Waals surface area contributed by atoms with Crippen LogP contribution in [0, 0.1) is 0 Å². The van der Waals surface area contributed by atoms with Crippen molar-refractivity contribution in [2.45, 2.75) is 57.6 Å². The molecule has 0 atom stereocenters. The average Bonchev–Trinajstić information content (AvgIpc) is 2.99. The van der Waals surface area contributed by atoms with Gasteiger partial charge in [-0.1, -0.05) is 26.2 Å². The lowest BCUT2D eigenvalue weighted by Gasteiger charge is -2.37. The molecule has 1 aliphatic rings. The van der Waals surface area contributed by atoms with E-state index >= 15 is 0 Å². The van der Waals surface area contributed by atoms with E-state index in [1.165, 1.54) is 19.3 Å².